The number of rotatable bonds is 12. The summed E-state index contributed by atoms with van der Waals surface area (Å²) in [5.41, 5.74) is -0.321. The fourth-order valence-corrected chi connectivity index (χ4v) is 8.01. The second-order valence-electron chi connectivity index (χ2n) is 11.6. The number of aryl methyl sites for hydroxylation is 2. The molecule has 8 N–H and O–H groups in total. The second kappa shape index (κ2) is 15.1. The molecule has 6 rings (SSSR count). The number of nitrogens with zero attached hydrogens (tertiary/aromatic N) is 5. The molecule has 6 aromatic rings. The van der Waals surface area contributed by atoms with Crippen molar-refractivity contribution >= 4 is 98.6 Å². The summed E-state index contributed by atoms with van der Waals surface area (Å²) >= 11 is 0.235. The van der Waals surface area contributed by atoms with Crippen molar-refractivity contribution in [3.8, 4) is 11.8 Å². The van der Waals surface area contributed by atoms with Crippen LogP contribution in [0, 0.1) is 13.8 Å². The van der Waals surface area contributed by atoms with Gasteiger partial charge in [-0.25, -0.2) is 5.26 Å². The molecular weight excluding hydrogens is 823 g/mol. The monoisotopic (exact) mass is 847 g/mol. The van der Waals surface area contributed by atoms with Gasteiger partial charge < -0.3 is 20.8 Å². The number of hydrogen-bond acceptors (Lipinski definition) is 19. The van der Waals surface area contributed by atoms with E-state index in [1.54, 1.807) is 26.0 Å². The molecule has 0 aliphatic rings. The molecule has 1 heterocycles. The molecule has 292 valence electrons. The first-order chi connectivity index (χ1) is 26.2. The minimum atomic E-state index is -4.97. The molecule has 0 aliphatic carbocycles. The van der Waals surface area contributed by atoms with Gasteiger partial charge in [0.1, 0.15) is 21.2 Å². The van der Waals surface area contributed by atoms with Crippen molar-refractivity contribution in [2.24, 2.45) is 10.2 Å². The maximum absolute atomic E-state index is 12.5. The summed E-state index contributed by atoms with van der Waals surface area (Å²) in [7, 11) is -14.7. The molecule has 0 spiro atoms. The Morgan fingerprint density at radius 2 is 1.38 bits per heavy atom. The molecule has 1 aromatic heterocycles. The molecule has 56 heavy (non-hydrogen) atoms. The zero-order valence-corrected chi connectivity index (χ0v) is 31.4. The fraction of sp³-hybridized carbons (Fsp3) is 0.0645. The van der Waals surface area contributed by atoms with Crippen molar-refractivity contribution in [1.82, 2.24) is 15.0 Å². The van der Waals surface area contributed by atoms with Crippen molar-refractivity contribution in [2.45, 2.75) is 33.4 Å². The number of phenols is 1. The fourth-order valence-electron chi connectivity index (χ4n) is 5.42. The van der Waals surface area contributed by atoms with Gasteiger partial charge in [0, 0.05) is 10.8 Å². The third-order valence-electron chi connectivity index (χ3n) is 7.94. The zero-order chi connectivity index (χ0) is 40.7. The number of aromatic hydroxyl groups is 2. The Kier molecular flexibility index (Phi) is 10.8. The maximum atomic E-state index is 12.5. The standard InChI is InChI=1S/C31H25N7O14S4/c1-14-9-21(24(10-15(14)2)55(45,46)47)32-29-34-30(36-31(40)35-29)33-22-13-18(54(42,43)44)11-17-12-23(53-52-51-41)26(27(39)25(17)22)38-37-20-8-7-16-5-3-4-6-19(16)28(20)56(48,49)50/h3-13,39,41H,1-2H3,(H,42,43,44)(H,45,46,47)(H,48,49,50)(H3,32,33,34,35,36,40). The van der Waals surface area contributed by atoms with Crippen molar-refractivity contribution in [3.05, 3.63) is 77.9 Å². The average Bonchev–Trinajstić information content (AvgIpc) is 3.09. The van der Waals surface area contributed by atoms with E-state index in [4.69, 9.17) is 5.26 Å². The molecule has 21 nitrogen and oxygen atoms in total. The van der Waals surface area contributed by atoms with Crippen LogP contribution in [0.15, 0.2) is 96.5 Å². The van der Waals surface area contributed by atoms with Crippen LogP contribution >= 0.6 is 12.0 Å². The molecule has 0 unspecified atom stereocenters. The number of anilines is 4. The highest BCUT2D eigenvalue weighted by atomic mass is 32.2. The van der Waals surface area contributed by atoms with Crippen LogP contribution in [0.4, 0.5) is 34.6 Å². The van der Waals surface area contributed by atoms with Crippen LogP contribution in [0.25, 0.3) is 21.5 Å². The average molecular weight is 848 g/mol. The lowest BCUT2D eigenvalue weighted by molar-refractivity contribution is -0.432. The minimum Gasteiger partial charge on any atom is -0.505 e. The van der Waals surface area contributed by atoms with Gasteiger partial charge in [0.05, 0.1) is 33.2 Å². The Morgan fingerprint density at radius 1 is 0.714 bits per heavy atom. The molecule has 0 radical (unpaired) electrons. The predicted octanol–water partition coefficient (Wildman–Crippen LogP) is 6.28. The lowest BCUT2D eigenvalue weighted by atomic mass is 10.1. The van der Waals surface area contributed by atoms with Crippen LogP contribution in [0.5, 0.6) is 11.8 Å². The van der Waals surface area contributed by atoms with Crippen molar-refractivity contribution in [2.75, 3.05) is 10.6 Å². The van der Waals surface area contributed by atoms with Gasteiger partial charge in [-0.3, -0.25) is 13.7 Å². The zero-order valence-electron chi connectivity index (χ0n) is 28.2. The number of benzene rings is 5. The smallest absolute Gasteiger partial charge is 0.320 e. The third-order valence-corrected chi connectivity index (χ3v) is 11.2. The molecule has 0 atom stereocenters. The number of nitrogens with one attached hydrogen (secondary N) is 2. The minimum absolute atomic E-state index is 0.0891. The molecule has 0 saturated heterocycles. The number of fused-ring (bicyclic) bond motifs is 2. The SMILES string of the molecule is Cc1cc(Nc2nc(O)nc(Nc3cc(S(=O)(=O)O)cc4cc(SOOO)c(N=Nc5ccc6ccccc6c5S(=O)(=O)O)c(O)c34)n2)c(S(=O)(=O)O)cc1C. The van der Waals surface area contributed by atoms with Gasteiger partial charge in [0.15, 0.2) is 5.75 Å². The van der Waals surface area contributed by atoms with E-state index in [2.05, 4.69) is 45.2 Å². The Balaban J connectivity index is 1.53. The lowest BCUT2D eigenvalue weighted by Crippen LogP contribution is -2.08. The van der Waals surface area contributed by atoms with Gasteiger partial charge in [0.25, 0.3) is 30.4 Å². The largest absolute Gasteiger partial charge is 0.505 e. The van der Waals surface area contributed by atoms with Gasteiger partial charge in [0.2, 0.25) is 11.9 Å². The van der Waals surface area contributed by atoms with Crippen molar-refractivity contribution in [1.29, 1.82) is 0 Å². The first-order valence-corrected chi connectivity index (χ1v) is 20.3. The van der Waals surface area contributed by atoms with E-state index < -0.39 is 74.4 Å². The van der Waals surface area contributed by atoms with Crippen LogP contribution in [-0.4, -0.2) is 69.3 Å². The number of aromatic nitrogens is 3. The van der Waals surface area contributed by atoms with E-state index in [0.29, 0.717) is 16.5 Å². The normalized spacial score (nSPS) is 12.5. The highest BCUT2D eigenvalue weighted by molar-refractivity contribution is 7.94. The van der Waals surface area contributed by atoms with Gasteiger partial charge in [-0.05, 0) is 72.1 Å². The summed E-state index contributed by atoms with van der Waals surface area (Å²) in [5, 5.41) is 47.8. The predicted molar refractivity (Wildman–Crippen MR) is 198 cm³/mol. The summed E-state index contributed by atoms with van der Waals surface area (Å²) in [6.07, 6.45) is 0. The first kappa shape index (κ1) is 40.1. The van der Waals surface area contributed by atoms with Crippen LogP contribution in [0.3, 0.4) is 0 Å². The Labute approximate surface area is 320 Å². The molecular formula is C31H25N7O14S4. The molecule has 5 aromatic carbocycles. The summed E-state index contributed by atoms with van der Waals surface area (Å²) in [4.78, 5) is 9.40. The van der Waals surface area contributed by atoms with E-state index in [1.807, 2.05) is 0 Å². The van der Waals surface area contributed by atoms with E-state index in [1.165, 1.54) is 36.4 Å². The van der Waals surface area contributed by atoms with E-state index in [0.717, 1.165) is 18.2 Å². The van der Waals surface area contributed by atoms with Crippen LogP contribution in [-0.2, 0) is 39.7 Å². The second-order valence-corrected chi connectivity index (χ2v) is 16.5. The number of azo groups is 1. The summed E-state index contributed by atoms with van der Waals surface area (Å²) < 4.78 is 108. The van der Waals surface area contributed by atoms with Crippen molar-refractivity contribution in [3.63, 3.8) is 0 Å². The summed E-state index contributed by atoms with van der Waals surface area (Å²) in [6.45, 7) is 3.26. The topological polar surface area (TPSA) is 330 Å². The van der Waals surface area contributed by atoms with Gasteiger partial charge in [-0.15, -0.1) is 14.6 Å². The van der Waals surface area contributed by atoms with E-state index in [9.17, 15) is 49.1 Å². The van der Waals surface area contributed by atoms with Gasteiger partial charge >= 0.3 is 6.01 Å². The van der Waals surface area contributed by atoms with E-state index in [-0.39, 0.29) is 50.2 Å². The molecule has 0 saturated carbocycles. The molecule has 0 bridgehead atoms. The summed E-state index contributed by atoms with van der Waals surface area (Å²) in [5.74, 6) is -1.83. The van der Waals surface area contributed by atoms with E-state index >= 15 is 0 Å². The molecule has 25 heteroatoms. The highest BCUT2D eigenvalue weighted by Crippen LogP contribution is 2.48. The first-order valence-electron chi connectivity index (χ1n) is 15.2. The maximum Gasteiger partial charge on any atom is 0.320 e. The molecule has 0 fully saturated rings. The highest BCUT2D eigenvalue weighted by Gasteiger charge is 2.25. The number of hydrogen-bond donors (Lipinski definition) is 8. The van der Waals surface area contributed by atoms with Gasteiger partial charge in [-0.1, -0.05) is 35.4 Å². The van der Waals surface area contributed by atoms with Crippen molar-refractivity contribution < 1.29 is 63.8 Å². The molecule has 0 aliphatic heterocycles. The Bertz CT molecular complexity index is 2950. The quantitative estimate of drug-likeness (QED) is 0.0221. The lowest BCUT2D eigenvalue weighted by Gasteiger charge is -2.16. The van der Waals surface area contributed by atoms with Crippen LogP contribution in [0.1, 0.15) is 11.1 Å². The van der Waals surface area contributed by atoms with Gasteiger partial charge in [-0.2, -0.15) is 40.2 Å². The third kappa shape index (κ3) is 8.45. The van der Waals surface area contributed by atoms with Crippen LogP contribution < -0.4 is 10.6 Å². The molecule has 0 amide bonds. The number of phenolic OH excluding ortho intramolecular Hbond substituents is 1. The Hall–Kier alpha value is -5.61. The van der Waals surface area contributed by atoms with Crippen LogP contribution in [0.2, 0.25) is 0 Å². The Morgan fingerprint density at radius 3 is 2.02 bits per heavy atom. The summed E-state index contributed by atoms with van der Waals surface area (Å²) in [6, 6.07) is 13.4.